The first-order valence-corrected chi connectivity index (χ1v) is 7.53. The largest absolute Gasteiger partial charge is 0.497 e. The van der Waals surface area contributed by atoms with Crippen molar-refractivity contribution in [3.05, 3.63) is 51.6 Å². The summed E-state index contributed by atoms with van der Waals surface area (Å²) in [5.41, 5.74) is 2.95. The first-order chi connectivity index (χ1) is 10.2. The SMILES string of the molecule is COc1ccc(CN2CCc3cc(C=O)c(Br)nc32)cc1. The Kier molecular flexibility index (Phi) is 3.92. The van der Waals surface area contributed by atoms with Gasteiger partial charge in [-0.15, -0.1) is 0 Å². The molecule has 0 spiro atoms. The number of methoxy groups -OCH3 is 1. The number of carbonyl (C=O) groups excluding carboxylic acids is 1. The third-order valence-corrected chi connectivity index (χ3v) is 4.30. The fourth-order valence-electron chi connectivity index (χ4n) is 2.55. The van der Waals surface area contributed by atoms with E-state index in [0.29, 0.717) is 10.2 Å². The van der Waals surface area contributed by atoms with Crippen LogP contribution < -0.4 is 9.64 Å². The Balaban J connectivity index is 1.83. The molecule has 108 valence electrons. The number of aromatic nitrogens is 1. The lowest BCUT2D eigenvalue weighted by atomic mass is 10.2. The predicted molar refractivity (Wildman–Crippen MR) is 85.1 cm³/mol. The quantitative estimate of drug-likeness (QED) is 0.629. The Hall–Kier alpha value is -1.88. The standard InChI is InChI=1S/C16H15BrN2O2/c1-21-14-4-2-11(3-5-14)9-19-7-6-12-8-13(10-20)15(17)18-16(12)19/h2-5,8,10H,6-7,9H2,1H3. The first-order valence-electron chi connectivity index (χ1n) is 6.73. The highest BCUT2D eigenvalue weighted by molar-refractivity contribution is 9.10. The Morgan fingerprint density at radius 1 is 1.38 bits per heavy atom. The number of hydrogen-bond donors (Lipinski definition) is 0. The van der Waals surface area contributed by atoms with Crippen LogP contribution in [0.4, 0.5) is 5.82 Å². The number of benzene rings is 1. The van der Waals surface area contributed by atoms with Crippen molar-refractivity contribution in [2.45, 2.75) is 13.0 Å². The molecule has 1 aliphatic rings. The number of rotatable bonds is 4. The van der Waals surface area contributed by atoms with E-state index >= 15 is 0 Å². The summed E-state index contributed by atoms with van der Waals surface area (Å²) in [6.07, 6.45) is 1.76. The smallest absolute Gasteiger partial charge is 0.152 e. The molecule has 0 unspecified atom stereocenters. The molecule has 2 heterocycles. The molecule has 2 aromatic rings. The number of ether oxygens (including phenoxy) is 1. The van der Waals surface area contributed by atoms with Gasteiger partial charge in [-0.05, 0) is 51.7 Å². The lowest BCUT2D eigenvalue weighted by Crippen LogP contribution is -2.20. The van der Waals surface area contributed by atoms with Crippen LogP contribution in [-0.4, -0.2) is 24.9 Å². The van der Waals surface area contributed by atoms with Gasteiger partial charge in [0.2, 0.25) is 0 Å². The Morgan fingerprint density at radius 3 is 2.81 bits per heavy atom. The van der Waals surface area contributed by atoms with E-state index in [0.717, 1.165) is 42.9 Å². The van der Waals surface area contributed by atoms with E-state index in [9.17, 15) is 4.79 Å². The molecule has 3 rings (SSSR count). The normalized spacial score (nSPS) is 13.1. The number of aldehydes is 1. The number of hydrogen-bond acceptors (Lipinski definition) is 4. The second-order valence-corrected chi connectivity index (χ2v) is 5.74. The summed E-state index contributed by atoms with van der Waals surface area (Å²) in [6, 6.07) is 9.97. The van der Waals surface area contributed by atoms with Gasteiger partial charge < -0.3 is 9.64 Å². The molecule has 1 aromatic carbocycles. The summed E-state index contributed by atoms with van der Waals surface area (Å²) in [5.74, 6) is 1.82. The second kappa shape index (κ2) is 5.85. The third-order valence-electron chi connectivity index (χ3n) is 3.67. The fraction of sp³-hybridized carbons (Fsp3) is 0.250. The average Bonchev–Trinajstić information content (AvgIpc) is 2.89. The van der Waals surface area contributed by atoms with Gasteiger partial charge >= 0.3 is 0 Å². The van der Waals surface area contributed by atoms with E-state index < -0.39 is 0 Å². The molecular weight excluding hydrogens is 332 g/mol. The fourth-order valence-corrected chi connectivity index (χ4v) is 2.92. The molecule has 0 radical (unpaired) electrons. The summed E-state index contributed by atoms with van der Waals surface area (Å²) in [5, 5.41) is 0. The molecule has 0 saturated heterocycles. The lowest BCUT2D eigenvalue weighted by Gasteiger charge is -2.19. The minimum Gasteiger partial charge on any atom is -0.497 e. The summed E-state index contributed by atoms with van der Waals surface area (Å²) in [7, 11) is 1.66. The first kappa shape index (κ1) is 14.1. The van der Waals surface area contributed by atoms with Crippen LogP contribution in [-0.2, 0) is 13.0 Å². The van der Waals surface area contributed by atoms with Crippen molar-refractivity contribution >= 4 is 28.0 Å². The number of halogens is 1. The van der Waals surface area contributed by atoms with Crippen molar-refractivity contribution in [1.29, 1.82) is 0 Å². The van der Waals surface area contributed by atoms with Crippen molar-refractivity contribution < 1.29 is 9.53 Å². The van der Waals surface area contributed by atoms with Crippen molar-refractivity contribution in [2.75, 3.05) is 18.6 Å². The molecular formula is C16H15BrN2O2. The van der Waals surface area contributed by atoms with Gasteiger partial charge in [-0.25, -0.2) is 4.98 Å². The van der Waals surface area contributed by atoms with Crippen molar-refractivity contribution in [2.24, 2.45) is 0 Å². The number of carbonyl (C=O) groups is 1. The molecule has 21 heavy (non-hydrogen) atoms. The van der Waals surface area contributed by atoms with Crippen molar-refractivity contribution in [3.8, 4) is 5.75 Å². The maximum atomic E-state index is 11.0. The summed E-state index contributed by atoms with van der Waals surface area (Å²) >= 11 is 3.36. The van der Waals surface area contributed by atoms with Gasteiger partial charge in [0, 0.05) is 18.7 Å². The van der Waals surface area contributed by atoms with Gasteiger partial charge in [-0.2, -0.15) is 0 Å². The van der Waals surface area contributed by atoms with Gasteiger partial charge in [0.05, 0.1) is 7.11 Å². The molecule has 0 fully saturated rings. The number of pyridine rings is 1. The predicted octanol–water partition coefficient (Wildman–Crippen LogP) is 3.23. The Morgan fingerprint density at radius 2 is 2.14 bits per heavy atom. The van der Waals surface area contributed by atoms with Crippen LogP contribution in [0.5, 0.6) is 5.75 Å². The monoisotopic (exact) mass is 346 g/mol. The molecule has 5 heteroatoms. The molecule has 0 saturated carbocycles. The van der Waals surface area contributed by atoms with E-state index in [1.807, 2.05) is 18.2 Å². The van der Waals surface area contributed by atoms with Gasteiger partial charge in [-0.1, -0.05) is 12.1 Å². The molecule has 1 aromatic heterocycles. The maximum absolute atomic E-state index is 11.0. The molecule has 0 aliphatic carbocycles. The zero-order valence-electron chi connectivity index (χ0n) is 11.7. The van der Waals surface area contributed by atoms with E-state index in [-0.39, 0.29) is 0 Å². The highest BCUT2D eigenvalue weighted by Gasteiger charge is 2.22. The van der Waals surface area contributed by atoms with Gasteiger partial charge in [0.15, 0.2) is 6.29 Å². The zero-order valence-corrected chi connectivity index (χ0v) is 13.3. The molecule has 0 amide bonds. The van der Waals surface area contributed by atoms with Crippen LogP contribution in [0.15, 0.2) is 34.9 Å². The van der Waals surface area contributed by atoms with Gasteiger partial charge in [0.25, 0.3) is 0 Å². The molecule has 0 bridgehead atoms. The highest BCUT2D eigenvalue weighted by Crippen LogP contribution is 2.30. The van der Waals surface area contributed by atoms with E-state index in [4.69, 9.17) is 4.74 Å². The molecule has 4 nitrogen and oxygen atoms in total. The topological polar surface area (TPSA) is 42.4 Å². The second-order valence-electron chi connectivity index (χ2n) is 4.99. The van der Waals surface area contributed by atoms with Crippen LogP contribution >= 0.6 is 15.9 Å². The minimum absolute atomic E-state index is 0.609. The third kappa shape index (κ3) is 2.78. The Labute approximate surface area is 131 Å². The zero-order chi connectivity index (χ0) is 14.8. The van der Waals surface area contributed by atoms with E-state index in [2.05, 4.69) is 37.9 Å². The summed E-state index contributed by atoms with van der Waals surface area (Å²) in [6.45, 7) is 1.72. The molecule has 1 aliphatic heterocycles. The summed E-state index contributed by atoms with van der Waals surface area (Å²) < 4.78 is 5.78. The highest BCUT2D eigenvalue weighted by atomic mass is 79.9. The number of anilines is 1. The number of fused-ring (bicyclic) bond motifs is 1. The lowest BCUT2D eigenvalue weighted by molar-refractivity contribution is 0.112. The van der Waals surface area contributed by atoms with Crippen LogP contribution in [0.3, 0.4) is 0 Å². The van der Waals surface area contributed by atoms with Gasteiger partial charge in [-0.3, -0.25) is 4.79 Å². The van der Waals surface area contributed by atoms with E-state index in [1.165, 1.54) is 5.56 Å². The summed E-state index contributed by atoms with van der Waals surface area (Å²) in [4.78, 5) is 17.7. The number of nitrogens with zero attached hydrogens (tertiary/aromatic N) is 2. The molecule has 0 atom stereocenters. The van der Waals surface area contributed by atoms with Crippen molar-refractivity contribution in [1.82, 2.24) is 4.98 Å². The molecule has 0 N–H and O–H groups in total. The van der Waals surface area contributed by atoms with Crippen LogP contribution in [0, 0.1) is 0 Å². The Bertz CT molecular complexity index is 671. The van der Waals surface area contributed by atoms with Gasteiger partial charge in [0.1, 0.15) is 16.2 Å². The maximum Gasteiger partial charge on any atom is 0.152 e. The van der Waals surface area contributed by atoms with E-state index in [1.54, 1.807) is 7.11 Å². The van der Waals surface area contributed by atoms with Crippen LogP contribution in [0.2, 0.25) is 0 Å². The average molecular weight is 347 g/mol. The minimum atomic E-state index is 0.609. The van der Waals surface area contributed by atoms with Crippen LogP contribution in [0.25, 0.3) is 0 Å². The van der Waals surface area contributed by atoms with Crippen LogP contribution in [0.1, 0.15) is 21.5 Å². The van der Waals surface area contributed by atoms with Crippen molar-refractivity contribution in [3.63, 3.8) is 0 Å².